The fourth-order valence-electron chi connectivity index (χ4n) is 5.38. The van der Waals surface area contributed by atoms with Crippen LogP contribution < -0.4 is 5.32 Å². The van der Waals surface area contributed by atoms with E-state index >= 15 is 0 Å². The summed E-state index contributed by atoms with van der Waals surface area (Å²) in [6.45, 7) is 1.86. The van der Waals surface area contributed by atoms with Crippen LogP contribution in [0.25, 0.3) is 11.1 Å². The number of fused-ring (bicyclic) bond motifs is 3. The Kier molecular flexibility index (Phi) is 9.53. The van der Waals surface area contributed by atoms with Crippen LogP contribution in [-0.2, 0) is 25.7 Å². The predicted octanol–water partition coefficient (Wildman–Crippen LogP) is 5.23. The number of ether oxygens (including phenoxy) is 2. The summed E-state index contributed by atoms with van der Waals surface area (Å²) in [7, 11) is 1.24. The highest BCUT2D eigenvalue weighted by molar-refractivity contribution is 5.97. The highest BCUT2D eigenvalue weighted by Gasteiger charge is 2.32. The molecule has 2 atom stereocenters. The molecule has 0 heterocycles. The van der Waals surface area contributed by atoms with Gasteiger partial charge in [-0.15, -0.1) is 0 Å². The van der Waals surface area contributed by atoms with Crippen LogP contribution in [0.1, 0.15) is 57.4 Å². The second kappa shape index (κ2) is 13.9. The molecule has 0 spiro atoms. The third-order valence-corrected chi connectivity index (χ3v) is 7.81. The van der Waals surface area contributed by atoms with Gasteiger partial charge in [0.15, 0.2) is 0 Å². The number of nitrogens with one attached hydrogen (secondary N) is 1. The number of benzene rings is 4. The van der Waals surface area contributed by atoms with Crippen LogP contribution in [0.15, 0.2) is 97.1 Å². The molecule has 0 aromatic heterocycles. The molecule has 7 nitrogen and oxygen atoms in total. The lowest BCUT2D eigenvalue weighted by molar-refractivity contribution is -0.147. The Bertz CT molecular complexity index is 1670. The molecule has 5 rings (SSSR count). The van der Waals surface area contributed by atoms with E-state index in [2.05, 4.69) is 41.4 Å². The van der Waals surface area contributed by atoms with E-state index in [0.717, 1.165) is 33.4 Å². The minimum atomic E-state index is -1.05. The largest absolute Gasteiger partial charge is 0.467 e. The van der Waals surface area contributed by atoms with E-state index in [1.54, 1.807) is 31.2 Å². The molecule has 0 fully saturated rings. The van der Waals surface area contributed by atoms with E-state index in [1.165, 1.54) is 7.11 Å². The van der Waals surface area contributed by atoms with Gasteiger partial charge in [-0.1, -0.05) is 79.4 Å². The van der Waals surface area contributed by atoms with Crippen LogP contribution >= 0.6 is 0 Å². The topological polar surface area (TPSA) is 102 Å². The van der Waals surface area contributed by atoms with Crippen molar-refractivity contribution in [1.82, 2.24) is 5.32 Å². The highest BCUT2D eigenvalue weighted by atomic mass is 16.5. The van der Waals surface area contributed by atoms with Crippen LogP contribution in [0.5, 0.6) is 0 Å². The van der Waals surface area contributed by atoms with Gasteiger partial charge < -0.3 is 19.9 Å². The Balaban J connectivity index is 1.19. The number of carbonyl (C=O) groups is 3. The number of carbonyl (C=O) groups excluding carboxylic acids is 3. The fourth-order valence-corrected chi connectivity index (χ4v) is 5.38. The normalized spacial score (nSPS) is 13.0. The first-order valence-electron chi connectivity index (χ1n) is 14.4. The average Bonchev–Trinajstić information content (AvgIpc) is 3.38. The zero-order chi connectivity index (χ0) is 31.1. The van der Waals surface area contributed by atoms with E-state index < -0.39 is 29.8 Å². The van der Waals surface area contributed by atoms with Crippen LogP contribution in [0.2, 0.25) is 0 Å². The lowest BCUT2D eigenvalue weighted by Gasteiger charge is -2.23. The van der Waals surface area contributed by atoms with Gasteiger partial charge in [0.2, 0.25) is 0 Å². The van der Waals surface area contributed by atoms with Crippen LogP contribution in [0.4, 0.5) is 0 Å². The first kappa shape index (κ1) is 30.3. The molecule has 0 saturated heterocycles. The summed E-state index contributed by atoms with van der Waals surface area (Å²) >= 11 is 0. The molecule has 1 aliphatic carbocycles. The van der Waals surface area contributed by atoms with E-state index in [-0.39, 0.29) is 25.6 Å². The van der Waals surface area contributed by atoms with Gasteiger partial charge in [0.1, 0.15) is 12.6 Å². The Morgan fingerprint density at radius 1 is 0.818 bits per heavy atom. The molecule has 0 bridgehead atoms. The number of hydrogen-bond acceptors (Lipinski definition) is 6. The van der Waals surface area contributed by atoms with Gasteiger partial charge in [0.05, 0.1) is 20.1 Å². The molecule has 4 aromatic carbocycles. The Labute approximate surface area is 256 Å². The third-order valence-electron chi connectivity index (χ3n) is 7.81. The number of aliphatic hydroxyl groups excluding tert-OH is 1. The SMILES string of the molecule is COC(=O)[C@@H](NC(=O)c1ccc(C#Cc2ccc(CO)cc2)cc1)[C@@H](C)CC(=O)OCC1c2ccccc2-c2ccccc21. The summed E-state index contributed by atoms with van der Waals surface area (Å²) in [6.07, 6.45) is -0.0795. The molecule has 1 amide bonds. The Hall–Kier alpha value is -5.19. The molecular formula is C37H33NO6. The number of aliphatic hydroxyl groups is 1. The summed E-state index contributed by atoms with van der Waals surface area (Å²) in [5.41, 5.74) is 7.16. The molecule has 7 heteroatoms. The van der Waals surface area contributed by atoms with Gasteiger partial charge in [-0.2, -0.15) is 0 Å². The summed E-state index contributed by atoms with van der Waals surface area (Å²) in [5, 5.41) is 11.9. The summed E-state index contributed by atoms with van der Waals surface area (Å²) < 4.78 is 10.7. The number of esters is 2. The molecule has 1 aliphatic rings. The van der Waals surface area contributed by atoms with Crippen LogP contribution in [0, 0.1) is 17.8 Å². The minimum absolute atomic E-state index is 0.0255. The monoisotopic (exact) mass is 587 g/mol. The first-order chi connectivity index (χ1) is 21.4. The van der Waals surface area contributed by atoms with Gasteiger partial charge in [0, 0.05) is 22.6 Å². The summed E-state index contributed by atoms with van der Waals surface area (Å²) in [6, 6.07) is 29.1. The van der Waals surface area contributed by atoms with Gasteiger partial charge in [0.25, 0.3) is 5.91 Å². The maximum absolute atomic E-state index is 13.1. The zero-order valence-corrected chi connectivity index (χ0v) is 24.6. The summed E-state index contributed by atoms with van der Waals surface area (Å²) in [5.74, 6) is 3.86. The van der Waals surface area contributed by atoms with Crippen LogP contribution in [0.3, 0.4) is 0 Å². The molecule has 4 aromatic rings. The number of amides is 1. The molecule has 0 aliphatic heterocycles. The van der Waals surface area contributed by atoms with Gasteiger partial charge >= 0.3 is 11.9 Å². The van der Waals surface area contributed by atoms with Crippen molar-refractivity contribution >= 4 is 17.8 Å². The lowest BCUT2D eigenvalue weighted by Crippen LogP contribution is -2.46. The summed E-state index contributed by atoms with van der Waals surface area (Å²) in [4.78, 5) is 38.6. The highest BCUT2D eigenvalue weighted by Crippen LogP contribution is 2.44. The number of hydrogen-bond donors (Lipinski definition) is 2. The van der Waals surface area contributed by atoms with E-state index in [0.29, 0.717) is 11.1 Å². The zero-order valence-electron chi connectivity index (χ0n) is 24.6. The molecule has 0 saturated carbocycles. The Morgan fingerprint density at radius 2 is 1.36 bits per heavy atom. The minimum Gasteiger partial charge on any atom is -0.467 e. The van der Waals surface area contributed by atoms with Gasteiger partial charge in [-0.3, -0.25) is 9.59 Å². The van der Waals surface area contributed by atoms with Crippen molar-refractivity contribution in [3.8, 4) is 23.0 Å². The first-order valence-corrected chi connectivity index (χ1v) is 14.4. The standard InChI is InChI=1S/C37H33NO6/c1-24(21-34(40)44-23-33-31-9-5-3-7-29(31)30-8-4-6-10-32(30)33)35(37(42)43-2)38-36(41)28-19-17-26(18-20-28)12-11-25-13-15-27(22-39)16-14-25/h3-10,13-20,24,33,35,39H,21-23H2,1-2H3,(H,38,41)/t24-,35-/m0/s1. The average molecular weight is 588 g/mol. The quantitative estimate of drug-likeness (QED) is 0.205. The maximum Gasteiger partial charge on any atom is 0.328 e. The molecule has 0 radical (unpaired) electrons. The van der Waals surface area contributed by atoms with Crippen LogP contribution in [-0.4, -0.2) is 42.7 Å². The predicted molar refractivity (Wildman–Crippen MR) is 167 cm³/mol. The smallest absolute Gasteiger partial charge is 0.328 e. The molecule has 2 N–H and O–H groups in total. The van der Waals surface area contributed by atoms with Crippen molar-refractivity contribution in [1.29, 1.82) is 0 Å². The molecule has 0 unspecified atom stereocenters. The fraction of sp³-hybridized carbons (Fsp3) is 0.216. The van der Waals surface area contributed by atoms with E-state index in [4.69, 9.17) is 9.47 Å². The molecule has 44 heavy (non-hydrogen) atoms. The van der Waals surface area contributed by atoms with Gasteiger partial charge in [-0.05, 0) is 70.1 Å². The molecule has 222 valence electrons. The van der Waals surface area contributed by atoms with E-state index in [9.17, 15) is 19.5 Å². The van der Waals surface area contributed by atoms with Crippen molar-refractivity contribution in [2.24, 2.45) is 5.92 Å². The van der Waals surface area contributed by atoms with E-state index in [1.807, 2.05) is 48.5 Å². The maximum atomic E-state index is 13.1. The van der Waals surface area contributed by atoms with Crippen molar-refractivity contribution in [2.45, 2.75) is 31.9 Å². The lowest BCUT2D eigenvalue weighted by atomic mass is 9.97. The van der Waals surface area contributed by atoms with Crippen molar-refractivity contribution in [2.75, 3.05) is 13.7 Å². The van der Waals surface area contributed by atoms with Crippen molar-refractivity contribution in [3.63, 3.8) is 0 Å². The second-order valence-corrected chi connectivity index (χ2v) is 10.7. The third kappa shape index (κ3) is 6.88. The molecular weight excluding hydrogens is 554 g/mol. The number of methoxy groups -OCH3 is 1. The Morgan fingerprint density at radius 3 is 1.91 bits per heavy atom. The van der Waals surface area contributed by atoms with Gasteiger partial charge in [-0.25, -0.2) is 4.79 Å². The second-order valence-electron chi connectivity index (χ2n) is 10.7. The number of rotatable bonds is 9. The van der Waals surface area contributed by atoms with Crippen molar-refractivity contribution in [3.05, 3.63) is 130 Å². The van der Waals surface area contributed by atoms with Crippen molar-refractivity contribution < 1.29 is 29.0 Å².